The zero-order chi connectivity index (χ0) is 16.1. The summed E-state index contributed by atoms with van der Waals surface area (Å²) in [5.41, 5.74) is 0.405. The summed E-state index contributed by atoms with van der Waals surface area (Å²) in [6.45, 7) is 5.75. The quantitative estimate of drug-likeness (QED) is 0.848. The topological polar surface area (TPSA) is 58.6 Å². The number of rotatable bonds is 6. The maximum atomic E-state index is 12.1. The standard InChI is InChI=1S/C18H27NO3/c1-17(2,15-6-4-3-5-7-15)9-8-16(20)19-14-18(21)10-12-22-13-11-18/h3-7,21H,8-14H2,1-2H3,(H,19,20). The van der Waals surface area contributed by atoms with E-state index in [1.54, 1.807) is 0 Å². The first-order chi connectivity index (χ1) is 10.4. The first-order valence-corrected chi connectivity index (χ1v) is 8.04. The Bertz CT molecular complexity index is 478. The molecule has 0 bridgehead atoms. The molecule has 4 nitrogen and oxygen atoms in total. The molecule has 122 valence electrons. The lowest BCUT2D eigenvalue weighted by Crippen LogP contribution is -2.46. The molecule has 1 amide bonds. The van der Waals surface area contributed by atoms with Gasteiger partial charge >= 0.3 is 0 Å². The largest absolute Gasteiger partial charge is 0.388 e. The number of amides is 1. The highest BCUT2D eigenvalue weighted by Gasteiger charge is 2.30. The molecule has 0 aromatic heterocycles. The number of ether oxygens (including phenoxy) is 1. The number of hydrogen-bond donors (Lipinski definition) is 2. The molecule has 4 heteroatoms. The smallest absolute Gasteiger partial charge is 0.220 e. The van der Waals surface area contributed by atoms with E-state index in [2.05, 4.69) is 31.3 Å². The number of aliphatic hydroxyl groups is 1. The molecule has 0 radical (unpaired) electrons. The van der Waals surface area contributed by atoms with Gasteiger partial charge in [0, 0.05) is 39.0 Å². The van der Waals surface area contributed by atoms with Crippen LogP contribution in [-0.2, 0) is 14.9 Å². The Hall–Kier alpha value is -1.39. The molecule has 0 spiro atoms. The minimum atomic E-state index is -0.803. The lowest BCUT2D eigenvalue weighted by Gasteiger charge is -2.32. The summed E-state index contributed by atoms with van der Waals surface area (Å²) >= 11 is 0. The van der Waals surface area contributed by atoms with Crippen LogP contribution in [0.5, 0.6) is 0 Å². The lowest BCUT2D eigenvalue weighted by atomic mass is 9.80. The van der Waals surface area contributed by atoms with Crippen molar-refractivity contribution >= 4 is 5.91 Å². The van der Waals surface area contributed by atoms with Crippen LogP contribution >= 0.6 is 0 Å². The van der Waals surface area contributed by atoms with Crippen LogP contribution in [0.1, 0.15) is 45.1 Å². The second-order valence-corrected chi connectivity index (χ2v) is 6.86. The minimum absolute atomic E-state index is 0.00363. The third-order valence-electron chi connectivity index (χ3n) is 4.57. The molecule has 22 heavy (non-hydrogen) atoms. The van der Waals surface area contributed by atoms with E-state index < -0.39 is 5.60 Å². The van der Waals surface area contributed by atoms with Crippen LogP contribution in [0.15, 0.2) is 30.3 Å². The highest BCUT2D eigenvalue weighted by Crippen LogP contribution is 2.28. The zero-order valence-corrected chi connectivity index (χ0v) is 13.6. The number of carbonyl (C=O) groups is 1. The van der Waals surface area contributed by atoms with Crippen molar-refractivity contribution in [3.63, 3.8) is 0 Å². The van der Waals surface area contributed by atoms with Gasteiger partial charge in [0.05, 0.1) is 5.60 Å². The summed E-state index contributed by atoms with van der Waals surface area (Å²) in [5.74, 6) is 0.00363. The van der Waals surface area contributed by atoms with Crippen LogP contribution in [0.4, 0.5) is 0 Å². The minimum Gasteiger partial charge on any atom is -0.388 e. The Balaban J connectivity index is 1.77. The summed E-state index contributed by atoms with van der Waals surface area (Å²) in [4.78, 5) is 12.1. The van der Waals surface area contributed by atoms with Gasteiger partial charge in [0.2, 0.25) is 5.91 Å². The van der Waals surface area contributed by atoms with Crippen molar-refractivity contribution in [2.75, 3.05) is 19.8 Å². The molecule has 1 saturated heterocycles. The van der Waals surface area contributed by atoms with Gasteiger partial charge in [-0.2, -0.15) is 0 Å². The Morgan fingerprint density at radius 3 is 2.55 bits per heavy atom. The Labute approximate surface area is 132 Å². The number of nitrogens with one attached hydrogen (secondary N) is 1. The van der Waals surface area contributed by atoms with Crippen LogP contribution in [0.2, 0.25) is 0 Å². The second-order valence-electron chi connectivity index (χ2n) is 6.86. The molecule has 2 N–H and O–H groups in total. The van der Waals surface area contributed by atoms with E-state index in [0.29, 0.717) is 39.0 Å². The SMILES string of the molecule is CC(C)(CCC(=O)NCC1(O)CCOCC1)c1ccccc1. The fraction of sp³-hybridized carbons (Fsp3) is 0.611. The Morgan fingerprint density at radius 2 is 1.91 bits per heavy atom. The average Bonchev–Trinajstić information content (AvgIpc) is 2.53. The van der Waals surface area contributed by atoms with Gasteiger partial charge in [0.15, 0.2) is 0 Å². The number of benzene rings is 1. The molecular weight excluding hydrogens is 278 g/mol. The van der Waals surface area contributed by atoms with E-state index >= 15 is 0 Å². The van der Waals surface area contributed by atoms with Gasteiger partial charge in [0.1, 0.15) is 0 Å². The maximum absolute atomic E-state index is 12.1. The molecular formula is C18H27NO3. The van der Waals surface area contributed by atoms with Crippen molar-refractivity contribution in [1.29, 1.82) is 0 Å². The fourth-order valence-corrected chi connectivity index (χ4v) is 2.74. The highest BCUT2D eigenvalue weighted by molar-refractivity contribution is 5.76. The van der Waals surface area contributed by atoms with E-state index in [4.69, 9.17) is 4.74 Å². The summed E-state index contributed by atoms with van der Waals surface area (Å²) < 4.78 is 5.24. The summed E-state index contributed by atoms with van der Waals surface area (Å²) in [6.07, 6.45) is 2.42. The second kappa shape index (κ2) is 7.25. The van der Waals surface area contributed by atoms with Crippen molar-refractivity contribution in [1.82, 2.24) is 5.32 Å². The van der Waals surface area contributed by atoms with Gasteiger partial charge in [-0.25, -0.2) is 0 Å². The Morgan fingerprint density at radius 1 is 1.27 bits per heavy atom. The molecule has 0 unspecified atom stereocenters. The van der Waals surface area contributed by atoms with Crippen molar-refractivity contribution < 1.29 is 14.6 Å². The summed E-state index contributed by atoms with van der Waals surface area (Å²) in [6, 6.07) is 10.3. The summed E-state index contributed by atoms with van der Waals surface area (Å²) in [5, 5.41) is 13.2. The molecule has 0 atom stereocenters. The predicted octanol–water partition coefficient (Wildman–Crippen LogP) is 2.40. The molecule has 1 aliphatic heterocycles. The normalized spacial score (nSPS) is 18.0. The van der Waals surface area contributed by atoms with Crippen molar-refractivity contribution in [3.8, 4) is 0 Å². The van der Waals surface area contributed by atoms with Crippen molar-refractivity contribution in [2.45, 2.75) is 50.5 Å². The molecule has 0 aliphatic carbocycles. The van der Waals surface area contributed by atoms with Gasteiger partial charge in [-0.15, -0.1) is 0 Å². The average molecular weight is 305 g/mol. The Kier molecular flexibility index (Phi) is 5.59. The molecule has 1 fully saturated rings. The van der Waals surface area contributed by atoms with Crippen LogP contribution in [0.25, 0.3) is 0 Å². The summed E-state index contributed by atoms with van der Waals surface area (Å²) in [7, 11) is 0. The third-order valence-corrected chi connectivity index (χ3v) is 4.57. The molecule has 1 aliphatic rings. The molecule has 1 heterocycles. The van der Waals surface area contributed by atoms with E-state index in [1.165, 1.54) is 5.56 Å². The van der Waals surface area contributed by atoms with Gasteiger partial charge in [0.25, 0.3) is 0 Å². The number of hydrogen-bond acceptors (Lipinski definition) is 3. The first-order valence-electron chi connectivity index (χ1n) is 8.04. The molecule has 1 aromatic rings. The van der Waals surface area contributed by atoms with Gasteiger partial charge < -0.3 is 15.2 Å². The van der Waals surface area contributed by atoms with Crippen LogP contribution < -0.4 is 5.32 Å². The predicted molar refractivity (Wildman–Crippen MR) is 86.7 cm³/mol. The maximum Gasteiger partial charge on any atom is 0.220 e. The third kappa shape index (κ3) is 4.82. The molecule has 2 rings (SSSR count). The zero-order valence-electron chi connectivity index (χ0n) is 13.6. The van der Waals surface area contributed by atoms with Crippen LogP contribution in [0, 0.1) is 0 Å². The number of carbonyl (C=O) groups excluding carboxylic acids is 1. The van der Waals surface area contributed by atoms with E-state index in [0.717, 1.165) is 6.42 Å². The van der Waals surface area contributed by atoms with E-state index in [1.807, 2.05) is 18.2 Å². The van der Waals surface area contributed by atoms with Crippen LogP contribution in [-0.4, -0.2) is 36.4 Å². The fourth-order valence-electron chi connectivity index (χ4n) is 2.74. The lowest BCUT2D eigenvalue weighted by molar-refractivity contribution is -0.124. The van der Waals surface area contributed by atoms with E-state index in [-0.39, 0.29) is 11.3 Å². The molecule has 0 saturated carbocycles. The monoisotopic (exact) mass is 305 g/mol. The van der Waals surface area contributed by atoms with Crippen molar-refractivity contribution in [2.24, 2.45) is 0 Å². The first kappa shape index (κ1) is 17.0. The van der Waals surface area contributed by atoms with Crippen molar-refractivity contribution in [3.05, 3.63) is 35.9 Å². The molecule has 1 aromatic carbocycles. The van der Waals surface area contributed by atoms with Gasteiger partial charge in [-0.1, -0.05) is 44.2 Å². The van der Waals surface area contributed by atoms with Gasteiger partial charge in [-0.05, 0) is 17.4 Å². The van der Waals surface area contributed by atoms with Crippen LogP contribution in [0.3, 0.4) is 0 Å². The van der Waals surface area contributed by atoms with Gasteiger partial charge in [-0.3, -0.25) is 4.79 Å². The van der Waals surface area contributed by atoms with E-state index in [9.17, 15) is 9.90 Å². The highest BCUT2D eigenvalue weighted by atomic mass is 16.5.